The molecule has 2 heterocycles. The number of hydrogen-bond donors (Lipinski definition) is 0. The fraction of sp³-hybridized carbons (Fsp3) is 0.316. The molecule has 4 rings (SSSR count). The van der Waals surface area contributed by atoms with Crippen molar-refractivity contribution in [3.05, 3.63) is 63.4 Å². The summed E-state index contributed by atoms with van der Waals surface area (Å²) < 4.78 is 77.4. The van der Waals surface area contributed by atoms with Crippen LogP contribution in [-0.2, 0) is 21.8 Å². The van der Waals surface area contributed by atoms with Gasteiger partial charge in [0.2, 0.25) is 0 Å². The molecule has 0 aromatic heterocycles. The molecule has 1 fully saturated rings. The molecule has 12 heteroatoms. The van der Waals surface area contributed by atoms with Gasteiger partial charge in [-0.1, -0.05) is 41.0 Å². The fourth-order valence-electron chi connectivity index (χ4n) is 3.57. The number of sulfone groups is 1. The third-order valence-electron chi connectivity index (χ3n) is 5.01. The van der Waals surface area contributed by atoms with E-state index in [0.717, 1.165) is 24.3 Å². The monoisotopic (exact) mass is 512 g/mol. The van der Waals surface area contributed by atoms with E-state index in [1.165, 1.54) is 28.8 Å². The van der Waals surface area contributed by atoms with E-state index >= 15 is 0 Å². The van der Waals surface area contributed by atoms with Gasteiger partial charge in [0.1, 0.15) is 5.82 Å². The highest BCUT2D eigenvalue weighted by molar-refractivity contribution is 8.13. The van der Waals surface area contributed by atoms with Crippen molar-refractivity contribution in [2.45, 2.75) is 24.0 Å². The molecule has 2 aliphatic heterocycles. The highest BCUT2D eigenvalue weighted by Crippen LogP contribution is 2.42. The first-order chi connectivity index (χ1) is 14.4. The van der Waals surface area contributed by atoms with Gasteiger partial charge in [-0.05, 0) is 35.9 Å². The number of hydrogen-bond acceptors (Lipinski definition) is 5. The lowest BCUT2D eigenvalue weighted by Gasteiger charge is -2.28. The Bertz CT molecular complexity index is 1170. The Morgan fingerprint density at radius 2 is 1.84 bits per heavy atom. The lowest BCUT2D eigenvalue weighted by molar-refractivity contribution is -0.137. The molecule has 0 aliphatic carbocycles. The van der Waals surface area contributed by atoms with Gasteiger partial charge in [-0.3, -0.25) is 4.99 Å². The molecule has 1 saturated heterocycles. The number of aliphatic imine (C=N–C) groups is 1. The van der Waals surface area contributed by atoms with Crippen molar-refractivity contribution in [2.75, 3.05) is 16.4 Å². The van der Waals surface area contributed by atoms with Crippen molar-refractivity contribution >= 4 is 55.7 Å². The first-order valence-electron chi connectivity index (χ1n) is 8.95. The number of amidine groups is 1. The lowest BCUT2D eigenvalue weighted by atomic mass is 10.1. The summed E-state index contributed by atoms with van der Waals surface area (Å²) in [5, 5.41) is 0.593. The van der Waals surface area contributed by atoms with Crippen molar-refractivity contribution in [3.63, 3.8) is 0 Å². The number of thioether (sulfide) groups is 1. The van der Waals surface area contributed by atoms with Crippen molar-refractivity contribution in [1.82, 2.24) is 0 Å². The molecule has 2 atom stereocenters. The maximum Gasteiger partial charge on any atom is 0.416 e. The zero-order valence-electron chi connectivity index (χ0n) is 15.5. The van der Waals surface area contributed by atoms with E-state index in [1.54, 1.807) is 0 Å². The second-order valence-electron chi connectivity index (χ2n) is 7.18. The third kappa shape index (κ3) is 4.67. The largest absolute Gasteiger partial charge is 0.416 e. The van der Waals surface area contributed by atoms with Gasteiger partial charge >= 0.3 is 6.18 Å². The summed E-state index contributed by atoms with van der Waals surface area (Å²) in [4.78, 5) is 5.94. The van der Waals surface area contributed by atoms with E-state index in [4.69, 9.17) is 23.2 Å². The van der Waals surface area contributed by atoms with Gasteiger partial charge in [-0.2, -0.15) is 13.2 Å². The molecule has 166 valence electrons. The van der Waals surface area contributed by atoms with Crippen molar-refractivity contribution in [2.24, 2.45) is 4.99 Å². The standard InChI is InChI=1S/C19H14Cl2F4N2O2S2/c20-13-4-2-11(19(23,24)25)5-16(13)27-17-9-31(28,29)8-15(17)26-18(27)30-7-10-1-3-12(22)6-14(10)21/h1-6,15,17H,7-9H2. The third-order valence-corrected chi connectivity index (χ3v) is 8.40. The summed E-state index contributed by atoms with van der Waals surface area (Å²) >= 11 is 13.5. The summed E-state index contributed by atoms with van der Waals surface area (Å²) in [5.74, 6) is -0.660. The van der Waals surface area contributed by atoms with Crippen LogP contribution >= 0.6 is 35.0 Å². The minimum absolute atomic E-state index is 0.0394. The van der Waals surface area contributed by atoms with E-state index in [2.05, 4.69) is 4.99 Å². The number of anilines is 1. The van der Waals surface area contributed by atoms with Gasteiger partial charge in [0, 0.05) is 10.8 Å². The number of fused-ring (bicyclic) bond motifs is 1. The topological polar surface area (TPSA) is 49.7 Å². The number of nitrogens with zero attached hydrogens (tertiary/aromatic N) is 2. The molecule has 0 saturated carbocycles. The predicted molar refractivity (Wildman–Crippen MR) is 115 cm³/mol. The molecule has 0 N–H and O–H groups in total. The zero-order valence-corrected chi connectivity index (χ0v) is 18.7. The first kappa shape index (κ1) is 22.7. The molecule has 31 heavy (non-hydrogen) atoms. The van der Waals surface area contributed by atoms with E-state index in [9.17, 15) is 26.0 Å². The van der Waals surface area contributed by atoms with Gasteiger partial charge in [0.25, 0.3) is 0 Å². The number of rotatable bonds is 3. The molecule has 0 radical (unpaired) electrons. The van der Waals surface area contributed by atoms with Gasteiger partial charge in [0.05, 0.1) is 39.9 Å². The predicted octanol–water partition coefficient (Wildman–Crippen LogP) is 5.43. The van der Waals surface area contributed by atoms with Crippen molar-refractivity contribution < 1.29 is 26.0 Å². The summed E-state index contributed by atoms with van der Waals surface area (Å²) in [6, 6.07) is 5.56. The maximum absolute atomic E-state index is 13.3. The number of halogens is 6. The minimum Gasteiger partial charge on any atom is -0.313 e. The lowest BCUT2D eigenvalue weighted by Crippen LogP contribution is -2.39. The van der Waals surface area contributed by atoms with Crippen LogP contribution in [0.3, 0.4) is 0 Å². The number of benzene rings is 2. The Morgan fingerprint density at radius 1 is 1.10 bits per heavy atom. The Kier molecular flexibility index (Phi) is 5.95. The van der Waals surface area contributed by atoms with Crippen molar-refractivity contribution in [3.8, 4) is 0 Å². The SMILES string of the molecule is O=S1(=O)CC2N=C(SCc3ccc(F)cc3Cl)N(c3cc(C(F)(F)F)ccc3Cl)C2C1. The van der Waals surface area contributed by atoms with Crippen LogP contribution in [0.15, 0.2) is 41.4 Å². The van der Waals surface area contributed by atoms with Crippen LogP contribution in [0, 0.1) is 5.82 Å². The molecule has 2 aromatic rings. The van der Waals surface area contributed by atoms with Crippen LogP contribution in [0.4, 0.5) is 23.2 Å². The van der Waals surface area contributed by atoms with Gasteiger partial charge < -0.3 is 4.90 Å². The fourth-order valence-corrected chi connectivity index (χ4v) is 7.06. The number of alkyl halides is 3. The highest BCUT2D eigenvalue weighted by Gasteiger charge is 2.48. The Labute approximate surface area is 190 Å². The van der Waals surface area contributed by atoms with Crippen LogP contribution in [0.5, 0.6) is 0 Å². The van der Waals surface area contributed by atoms with Crippen molar-refractivity contribution in [1.29, 1.82) is 0 Å². The molecule has 2 unspecified atom stereocenters. The van der Waals surface area contributed by atoms with Crippen LogP contribution in [-0.4, -0.2) is 37.2 Å². The smallest absolute Gasteiger partial charge is 0.313 e. The van der Waals surface area contributed by atoms with Gasteiger partial charge in [-0.15, -0.1) is 0 Å². The minimum atomic E-state index is -4.59. The van der Waals surface area contributed by atoms with E-state index < -0.39 is 39.5 Å². The van der Waals surface area contributed by atoms with Crippen LogP contribution in [0.1, 0.15) is 11.1 Å². The van der Waals surface area contributed by atoms with Crippen LogP contribution < -0.4 is 4.90 Å². The van der Waals surface area contributed by atoms with E-state index in [1.807, 2.05) is 0 Å². The van der Waals surface area contributed by atoms with Crippen LogP contribution in [0.2, 0.25) is 10.0 Å². The summed E-state index contributed by atoms with van der Waals surface area (Å²) in [5.41, 5.74) is -0.254. The normalized spacial score (nSPS) is 22.5. The average Bonchev–Trinajstić information content (AvgIpc) is 3.11. The molecular formula is C19H14Cl2F4N2O2S2. The Balaban J connectivity index is 1.70. The van der Waals surface area contributed by atoms with E-state index in [-0.39, 0.29) is 33.0 Å². The molecule has 2 aliphatic rings. The molecule has 4 nitrogen and oxygen atoms in total. The van der Waals surface area contributed by atoms with Gasteiger partial charge in [0.15, 0.2) is 15.0 Å². The summed E-state index contributed by atoms with van der Waals surface area (Å²) in [7, 11) is -3.39. The van der Waals surface area contributed by atoms with Crippen LogP contribution in [0.25, 0.3) is 0 Å². The molecule has 0 bridgehead atoms. The highest BCUT2D eigenvalue weighted by atomic mass is 35.5. The molecular weight excluding hydrogens is 499 g/mol. The maximum atomic E-state index is 13.3. The quantitative estimate of drug-likeness (QED) is 0.514. The first-order valence-corrected chi connectivity index (χ1v) is 12.5. The molecule has 0 amide bonds. The molecule has 0 spiro atoms. The zero-order chi connectivity index (χ0) is 22.6. The molecule has 2 aromatic carbocycles. The summed E-state index contributed by atoms with van der Waals surface area (Å²) in [6.07, 6.45) is -4.59. The van der Waals surface area contributed by atoms with Gasteiger partial charge in [-0.25, -0.2) is 12.8 Å². The second kappa shape index (κ2) is 8.13. The average molecular weight is 513 g/mol. The second-order valence-corrected chi connectivity index (χ2v) is 11.1. The Hall–Kier alpha value is -1.49. The Morgan fingerprint density at radius 3 is 2.52 bits per heavy atom. The summed E-state index contributed by atoms with van der Waals surface area (Å²) in [6.45, 7) is 0. The van der Waals surface area contributed by atoms with E-state index in [0.29, 0.717) is 10.7 Å².